The minimum Gasteiger partial charge on any atom is -0.479 e. The SMILES string of the molecule is Cc1n[nH]c(C)c1C(Nc1cccc(F)c1)C(=O)O. The number of benzene rings is 1. The lowest BCUT2D eigenvalue weighted by atomic mass is 10.0. The number of anilines is 1. The number of rotatable bonds is 4. The van der Waals surface area contributed by atoms with Crippen molar-refractivity contribution in [2.75, 3.05) is 5.32 Å². The van der Waals surface area contributed by atoms with Crippen molar-refractivity contribution in [1.29, 1.82) is 0 Å². The quantitative estimate of drug-likeness (QED) is 0.791. The topological polar surface area (TPSA) is 78.0 Å². The number of aryl methyl sites for hydroxylation is 2. The summed E-state index contributed by atoms with van der Waals surface area (Å²) in [5.41, 5.74) is 2.26. The molecule has 1 unspecified atom stereocenters. The van der Waals surface area contributed by atoms with E-state index in [0.29, 0.717) is 22.6 Å². The summed E-state index contributed by atoms with van der Waals surface area (Å²) in [6.45, 7) is 3.47. The highest BCUT2D eigenvalue weighted by atomic mass is 19.1. The van der Waals surface area contributed by atoms with Crippen LogP contribution in [0.4, 0.5) is 10.1 Å². The van der Waals surface area contributed by atoms with Gasteiger partial charge in [0.1, 0.15) is 5.82 Å². The van der Waals surface area contributed by atoms with E-state index in [4.69, 9.17) is 0 Å². The molecule has 100 valence electrons. The highest BCUT2D eigenvalue weighted by Crippen LogP contribution is 2.24. The van der Waals surface area contributed by atoms with Gasteiger partial charge >= 0.3 is 5.97 Å². The first-order chi connectivity index (χ1) is 8.99. The van der Waals surface area contributed by atoms with E-state index in [1.165, 1.54) is 18.2 Å². The van der Waals surface area contributed by atoms with Crippen LogP contribution in [0.2, 0.25) is 0 Å². The van der Waals surface area contributed by atoms with E-state index in [1.54, 1.807) is 19.9 Å². The maximum Gasteiger partial charge on any atom is 0.330 e. The number of carboxylic acids is 1. The predicted octanol–water partition coefficient (Wildman–Crippen LogP) is 2.40. The van der Waals surface area contributed by atoms with Crippen LogP contribution in [0.3, 0.4) is 0 Å². The third kappa shape index (κ3) is 2.73. The first-order valence-electron chi connectivity index (χ1n) is 5.75. The predicted molar refractivity (Wildman–Crippen MR) is 68.5 cm³/mol. The maximum absolute atomic E-state index is 13.1. The summed E-state index contributed by atoms with van der Waals surface area (Å²) >= 11 is 0. The van der Waals surface area contributed by atoms with Crippen LogP contribution in [-0.4, -0.2) is 21.3 Å². The average molecular weight is 263 g/mol. The smallest absolute Gasteiger partial charge is 0.330 e. The molecule has 5 nitrogen and oxygen atoms in total. The minimum atomic E-state index is -1.04. The molecule has 0 aliphatic rings. The van der Waals surface area contributed by atoms with Gasteiger partial charge in [0.25, 0.3) is 0 Å². The number of aromatic nitrogens is 2. The van der Waals surface area contributed by atoms with Gasteiger partial charge in [-0.1, -0.05) is 6.07 Å². The van der Waals surface area contributed by atoms with Gasteiger partial charge in [0.2, 0.25) is 0 Å². The molecular weight excluding hydrogens is 249 g/mol. The molecule has 0 fully saturated rings. The fourth-order valence-electron chi connectivity index (χ4n) is 1.99. The highest BCUT2D eigenvalue weighted by Gasteiger charge is 2.25. The van der Waals surface area contributed by atoms with E-state index in [0.717, 1.165) is 0 Å². The molecule has 0 amide bonds. The van der Waals surface area contributed by atoms with E-state index in [1.807, 2.05) is 0 Å². The zero-order chi connectivity index (χ0) is 14.0. The van der Waals surface area contributed by atoms with Gasteiger partial charge in [0.05, 0.1) is 5.69 Å². The van der Waals surface area contributed by atoms with Gasteiger partial charge in [-0.15, -0.1) is 0 Å². The molecule has 19 heavy (non-hydrogen) atoms. The molecule has 1 aromatic carbocycles. The van der Waals surface area contributed by atoms with Crippen molar-refractivity contribution in [3.8, 4) is 0 Å². The molecule has 1 heterocycles. The summed E-state index contributed by atoms with van der Waals surface area (Å²) < 4.78 is 13.1. The van der Waals surface area contributed by atoms with Crippen LogP contribution < -0.4 is 5.32 Å². The molecule has 0 bridgehead atoms. The summed E-state index contributed by atoms with van der Waals surface area (Å²) in [5, 5.41) is 18.8. The second-order valence-electron chi connectivity index (χ2n) is 4.27. The van der Waals surface area contributed by atoms with Crippen LogP contribution in [-0.2, 0) is 4.79 Å². The molecule has 0 aliphatic heterocycles. The molecule has 6 heteroatoms. The number of aliphatic carboxylic acids is 1. The zero-order valence-corrected chi connectivity index (χ0v) is 10.6. The normalized spacial score (nSPS) is 12.2. The molecule has 1 aromatic heterocycles. The Balaban J connectivity index is 2.35. The van der Waals surface area contributed by atoms with Crippen molar-refractivity contribution < 1.29 is 14.3 Å². The Morgan fingerprint density at radius 3 is 2.74 bits per heavy atom. The molecule has 2 aromatic rings. The third-order valence-electron chi connectivity index (χ3n) is 2.86. The second-order valence-corrected chi connectivity index (χ2v) is 4.27. The van der Waals surface area contributed by atoms with Gasteiger partial charge < -0.3 is 10.4 Å². The molecule has 3 N–H and O–H groups in total. The summed E-state index contributed by atoms with van der Waals surface area (Å²) in [4.78, 5) is 11.4. The first kappa shape index (κ1) is 13.1. The molecular formula is C13H14FN3O2. The van der Waals surface area contributed by atoms with Gasteiger partial charge in [0, 0.05) is 16.9 Å². The number of hydrogen-bond donors (Lipinski definition) is 3. The molecule has 1 atom stereocenters. The second kappa shape index (κ2) is 5.09. The summed E-state index contributed by atoms with van der Waals surface area (Å²) in [7, 11) is 0. The van der Waals surface area contributed by atoms with Gasteiger partial charge in [0.15, 0.2) is 6.04 Å². The number of nitrogens with zero attached hydrogens (tertiary/aromatic N) is 1. The largest absolute Gasteiger partial charge is 0.479 e. The monoisotopic (exact) mass is 263 g/mol. The van der Waals surface area contributed by atoms with Crippen LogP contribution in [0, 0.1) is 19.7 Å². The molecule has 0 aliphatic carbocycles. The standard InChI is InChI=1S/C13H14FN3O2/c1-7-11(8(2)17-16-7)12(13(18)19)15-10-5-3-4-9(14)6-10/h3-6,12,15H,1-2H3,(H,16,17)(H,18,19). The van der Waals surface area contributed by atoms with Crippen LogP contribution >= 0.6 is 0 Å². The van der Waals surface area contributed by atoms with E-state index in [2.05, 4.69) is 15.5 Å². The Morgan fingerprint density at radius 1 is 1.47 bits per heavy atom. The van der Waals surface area contributed by atoms with Crippen LogP contribution in [0.5, 0.6) is 0 Å². The molecule has 2 rings (SSSR count). The van der Waals surface area contributed by atoms with Crippen molar-refractivity contribution in [2.24, 2.45) is 0 Å². The lowest BCUT2D eigenvalue weighted by Crippen LogP contribution is -2.21. The Hall–Kier alpha value is -2.37. The molecule has 0 radical (unpaired) electrons. The number of H-pyrrole nitrogens is 1. The maximum atomic E-state index is 13.1. The number of carbonyl (C=O) groups is 1. The Bertz CT molecular complexity index is 590. The fraction of sp³-hybridized carbons (Fsp3) is 0.231. The number of aromatic amines is 1. The number of hydrogen-bond acceptors (Lipinski definition) is 3. The lowest BCUT2D eigenvalue weighted by molar-refractivity contribution is -0.138. The third-order valence-corrected chi connectivity index (χ3v) is 2.86. The molecule has 0 saturated heterocycles. The first-order valence-corrected chi connectivity index (χ1v) is 5.75. The Labute approximate surface area is 109 Å². The van der Waals surface area contributed by atoms with E-state index >= 15 is 0 Å². The van der Waals surface area contributed by atoms with Crippen molar-refractivity contribution in [2.45, 2.75) is 19.9 Å². The summed E-state index contributed by atoms with van der Waals surface area (Å²) in [6, 6.07) is 4.71. The number of nitrogens with one attached hydrogen (secondary N) is 2. The lowest BCUT2D eigenvalue weighted by Gasteiger charge is -2.16. The minimum absolute atomic E-state index is 0.410. The molecule has 0 spiro atoms. The van der Waals surface area contributed by atoms with Crippen molar-refractivity contribution in [3.05, 3.63) is 47.0 Å². The van der Waals surface area contributed by atoms with Crippen LogP contribution in [0.15, 0.2) is 24.3 Å². The van der Waals surface area contributed by atoms with Gasteiger partial charge in [-0.2, -0.15) is 5.10 Å². The summed E-state index contributed by atoms with van der Waals surface area (Å²) in [6.07, 6.45) is 0. The van der Waals surface area contributed by atoms with Gasteiger partial charge in [-0.3, -0.25) is 5.10 Å². The van der Waals surface area contributed by atoms with Crippen molar-refractivity contribution in [1.82, 2.24) is 10.2 Å². The summed E-state index contributed by atoms with van der Waals surface area (Å²) in [5.74, 6) is -1.47. The van der Waals surface area contributed by atoms with Gasteiger partial charge in [-0.05, 0) is 32.0 Å². The zero-order valence-electron chi connectivity index (χ0n) is 10.6. The van der Waals surface area contributed by atoms with E-state index in [-0.39, 0.29) is 0 Å². The van der Waals surface area contributed by atoms with E-state index < -0.39 is 17.8 Å². The Kier molecular flexibility index (Phi) is 3.50. The Morgan fingerprint density at radius 2 is 2.21 bits per heavy atom. The van der Waals surface area contributed by atoms with Crippen LogP contribution in [0.1, 0.15) is 23.0 Å². The van der Waals surface area contributed by atoms with Crippen LogP contribution in [0.25, 0.3) is 0 Å². The molecule has 0 saturated carbocycles. The van der Waals surface area contributed by atoms with Crippen molar-refractivity contribution in [3.63, 3.8) is 0 Å². The van der Waals surface area contributed by atoms with Crippen molar-refractivity contribution >= 4 is 11.7 Å². The van der Waals surface area contributed by atoms with Gasteiger partial charge in [-0.25, -0.2) is 9.18 Å². The average Bonchev–Trinajstić information content (AvgIpc) is 2.66. The fourth-order valence-corrected chi connectivity index (χ4v) is 1.99. The highest BCUT2D eigenvalue weighted by molar-refractivity contribution is 5.80. The number of carboxylic acid groups (broad SMARTS) is 1. The number of halogens is 1. The van der Waals surface area contributed by atoms with E-state index in [9.17, 15) is 14.3 Å².